The van der Waals surface area contributed by atoms with Crippen molar-refractivity contribution < 1.29 is 19.2 Å². The van der Waals surface area contributed by atoms with Crippen molar-refractivity contribution in [1.29, 1.82) is 5.26 Å². The zero-order valence-corrected chi connectivity index (χ0v) is 21.3. The molecule has 9 heteroatoms. The minimum atomic E-state index is -0.496. The van der Waals surface area contributed by atoms with Crippen molar-refractivity contribution >= 4 is 33.6 Å². The van der Waals surface area contributed by atoms with E-state index in [4.69, 9.17) is 9.47 Å². The lowest BCUT2D eigenvalue weighted by Crippen LogP contribution is -2.27. The maximum absolute atomic E-state index is 12.8. The maximum Gasteiger partial charge on any atom is 0.269 e. The molecule has 0 heterocycles. The number of hydrogen-bond acceptors (Lipinski definition) is 6. The van der Waals surface area contributed by atoms with Crippen LogP contribution in [0, 0.1) is 21.4 Å². The second kappa shape index (κ2) is 12.5. The fourth-order valence-corrected chi connectivity index (χ4v) is 3.80. The number of benzene rings is 3. The third-order valence-corrected chi connectivity index (χ3v) is 5.88. The van der Waals surface area contributed by atoms with Crippen LogP contribution in [0.25, 0.3) is 6.08 Å². The van der Waals surface area contributed by atoms with Crippen molar-refractivity contribution in [3.05, 3.63) is 104 Å². The van der Waals surface area contributed by atoms with Crippen LogP contribution < -0.4 is 14.8 Å². The predicted molar refractivity (Wildman–Crippen MR) is 139 cm³/mol. The Morgan fingerprint density at radius 2 is 1.86 bits per heavy atom. The van der Waals surface area contributed by atoms with Gasteiger partial charge in [0.15, 0.2) is 11.5 Å². The lowest BCUT2D eigenvalue weighted by atomic mass is 10.1. The van der Waals surface area contributed by atoms with Crippen molar-refractivity contribution in [1.82, 2.24) is 5.32 Å². The molecule has 0 aliphatic heterocycles. The van der Waals surface area contributed by atoms with Crippen molar-refractivity contribution in [3.8, 4) is 17.6 Å². The quantitative estimate of drug-likeness (QED) is 0.141. The van der Waals surface area contributed by atoms with Crippen LogP contribution in [0.5, 0.6) is 11.5 Å². The van der Waals surface area contributed by atoms with Crippen molar-refractivity contribution in [2.75, 3.05) is 6.61 Å². The summed E-state index contributed by atoms with van der Waals surface area (Å²) in [7, 11) is 0. The highest BCUT2D eigenvalue weighted by molar-refractivity contribution is 9.10. The van der Waals surface area contributed by atoms with Crippen LogP contribution in [0.2, 0.25) is 0 Å². The normalized spacial score (nSPS) is 11.8. The van der Waals surface area contributed by atoms with Crippen molar-refractivity contribution in [2.24, 2.45) is 0 Å². The van der Waals surface area contributed by atoms with Crippen LogP contribution in [0.4, 0.5) is 5.69 Å². The number of halogens is 1. The molecule has 0 saturated heterocycles. The molecule has 36 heavy (non-hydrogen) atoms. The van der Waals surface area contributed by atoms with E-state index in [1.165, 1.54) is 18.2 Å². The molecule has 1 atom stereocenters. The number of non-ortho nitro benzene ring substituents is 1. The standard InChI is InChI=1S/C27H24BrN3O5/c1-3-35-25-14-21(13-22(16-29)27(32)30-18(2)20-9-5-4-6-10-20)24(28)15-26(25)36-17-19-8-7-11-23(12-19)31(33)34/h4-15,18H,3,17H2,1-2H3,(H,30,32)/b22-13-/t18-/m1/s1. The van der Waals surface area contributed by atoms with E-state index in [2.05, 4.69) is 21.2 Å². The first-order chi connectivity index (χ1) is 17.3. The van der Waals surface area contributed by atoms with Gasteiger partial charge >= 0.3 is 0 Å². The van der Waals surface area contributed by atoms with E-state index in [9.17, 15) is 20.2 Å². The Bertz CT molecular complexity index is 1320. The van der Waals surface area contributed by atoms with Crippen molar-refractivity contribution in [3.63, 3.8) is 0 Å². The zero-order chi connectivity index (χ0) is 26.1. The topological polar surface area (TPSA) is 114 Å². The first-order valence-electron chi connectivity index (χ1n) is 11.1. The van der Waals surface area contributed by atoms with E-state index in [1.54, 1.807) is 24.3 Å². The van der Waals surface area contributed by atoms with E-state index in [-0.39, 0.29) is 23.9 Å². The highest BCUT2D eigenvalue weighted by atomic mass is 79.9. The van der Waals surface area contributed by atoms with Gasteiger partial charge in [0, 0.05) is 16.6 Å². The summed E-state index contributed by atoms with van der Waals surface area (Å²) in [6.45, 7) is 4.12. The minimum absolute atomic E-state index is 0.0216. The number of nitriles is 1. The number of rotatable bonds is 10. The van der Waals surface area contributed by atoms with Crippen LogP contribution >= 0.6 is 15.9 Å². The van der Waals surface area contributed by atoms with Crippen LogP contribution in [0.3, 0.4) is 0 Å². The highest BCUT2D eigenvalue weighted by Gasteiger charge is 2.16. The lowest BCUT2D eigenvalue weighted by molar-refractivity contribution is -0.384. The molecule has 8 nitrogen and oxygen atoms in total. The minimum Gasteiger partial charge on any atom is -0.490 e. The molecule has 1 N–H and O–H groups in total. The van der Waals surface area contributed by atoms with Gasteiger partial charge in [-0.15, -0.1) is 0 Å². The molecule has 1 amide bonds. The molecule has 0 fully saturated rings. The molecular weight excluding hydrogens is 526 g/mol. The molecule has 0 spiro atoms. The van der Waals surface area contributed by atoms with Crippen LogP contribution in [-0.4, -0.2) is 17.4 Å². The SMILES string of the molecule is CCOc1cc(/C=C(/C#N)C(=O)N[C@H](C)c2ccccc2)c(Br)cc1OCc1cccc([N+](=O)[O-])c1. The Labute approximate surface area is 217 Å². The van der Waals surface area contributed by atoms with Crippen LogP contribution in [0.15, 0.2) is 76.8 Å². The summed E-state index contributed by atoms with van der Waals surface area (Å²) in [5.74, 6) is 0.325. The Morgan fingerprint density at radius 3 is 2.53 bits per heavy atom. The fraction of sp³-hybridized carbons (Fsp3) is 0.185. The molecular formula is C27H24BrN3O5. The molecule has 3 rings (SSSR count). The molecule has 0 bridgehead atoms. The van der Waals surface area contributed by atoms with E-state index in [0.29, 0.717) is 33.7 Å². The average Bonchev–Trinajstić information content (AvgIpc) is 2.88. The second-order valence-electron chi connectivity index (χ2n) is 7.74. The number of carbonyl (C=O) groups is 1. The lowest BCUT2D eigenvalue weighted by Gasteiger charge is -2.15. The van der Waals surface area contributed by atoms with Gasteiger partial charge in [0.05, 0.1) is 17.6 Å². The van der Waals surface area contributed by atoms with E-state index < -0.39 is 10.8 Å². The molecule has 0 radical (unpaired) electrons. The largest absolute Gasteiger partial charge is 0.490 e. The number of nitrogens with zero attached hydrogens (tertiary/aromatic N) is 2. The highest BCUT2D eigenvalue weighted by Crippen LogP contribution is 2.35. The van der Waals surface area contributed by atoms with Gasteiger partial charge in [-0.05, 0) is 48.7 Å². The van der Waals surface area contributed by atoms with Crippen LogP contribution in [0.1, 0.15) is 36.6 Å². The van der Waals surface area contributed by atoms with Gasteiger partial charge in [-0.25, -0.2) is 0 Å². The van der Waals surface area contributed by atoms with Gasteiger partial charge in [-0.3, -0.25) is 14.9 Å². The summed E-state index contributed by atoms with van der Waals surface area (Å²) in [5.41, 5.74) is 2.02. The molecule has 0 aliphatic carbocycles. The van der Waals surface area contributed by atoms with E-state index >= 15 is 0 Å². The zero-order valence-electron chi connectivity index (χ0n) is 19.7. The number of nitro benzene ring substituents is 1. The molecule has 0 unspecified atom stereocenters. The van der Waals surface area contributed by atoms with Gasteiger partial charge in [-0.1, -0.05) is 58.4 Å². The number of nitrogens with one attached hydrogen (secondary N) is 1. The predicted octanol–water partition coefficient (Wildman–Crippen LogP) is 6.12. The summed E-state index contributed by atoms with van der Waals surface area (Å²) < 4.78 is 12.2. The first-order valence-corrected chi connectivity index (χ1v) is 11.9. The third-order valence-electron chi connectivity index (χ3n) is 5.19. The van der Waals surface area contributed by atoms with Gasteiger partial charge in [0.2, 0.25) is 0 Å². The summed E-state index contributed by atoms with van der Waals surface area (Å²) in [6, 6.07) is 20.7. The number of hydrogen-bond donors (Lipinski definition) is 1. The van der Waals surface area contributed by atoms with Gasteiger partial charge in [0.1, 0.15) is 18.2 Å². The van der Waals surface area contributed by atoms with Crippen LogP contribution in [-0.2, 0) is 11.4 Å². The number of carbonyl (C=O) groups excluding carboxylic acids is 1. The van der Waals surface area contributed by atoms with Crippen molar-refractivity contribution in [2.45, 2.75) is 26.5 Å². The summed E-state index contributed by atoms with van der Waals surface area (Å²) in [5, 5.41) is 23.5. The van der Waals surface area contributed by atoms with E-state index in [0.717, 1.165) is 5.56 Å². The molecule has 3 aromatic rings. The van der Waals surface area contributed by atoms with E-state index in [1.807, 2.05) is 50.2 Å². The first kappa shape index (κ1) is 26.4. The summed E-state index contributed by atoms with van der Waals surface area (Å²) in [6.07, 6.45) is 1.48. The Balaban J connectivity index is 1.82. The fourth-order valence-electron chi connectivity index (χ4n) is 3.37. The average molecular weight is 550 g/mol. The monoisotopic (exact) mass is 549 g/mol. The second-order valence-corrected chi connectivity index (χ2v) is 8.60. The number of amides is 1. The number of ether oxygens (including phenoxy) is 2. The molecule has 0 saturated carbocycles. The summed E-state index contributed by atoms with van der Waals surface area (Å²) in [4.78, 5) is 23.3. The van der Waals surface area contributed by atoms with Gasteiger partial charge in [-0.2, -0.15) is 5.26 Å². The molecule has 3 aromatic carbocycles. The summed E-state index contributed by atoms with van der Waals surface area (Å²) >= 11 is 3.47. The smallest absolute Gasteiger partial charge is 0.269 e. The molecule has 184 valence electrons. The maximum atomic E-state index is 12.8. The van der Waals surface area contributed by atoms with Gasteiger partial charge in [0.25, 0.3) is 11.6 Å². The van der Waals surface area contributed by atoms with Gasteiger partial charge < -0.3 is 14.8 Å². The number of nitro groups is 1. The Hall–Kier alpha value is -4.16. The molecule has 0 aliphatic rings. The molecule has 0 aromatic heterocycles. The Morgan fingerprint density at radius 1 is 1.14 bits per heavy atom. The third kappa shape index (κ3) is 6.93. The Kier molecular flexibility index (Phi) is 9.19.